The average molecular weight is 382 g/mol. The number of anilines is 1. The molecule has 0 N–H and O–H groups in total. The van der Waals surface area contributed by atoms with Gasteiger partial charge in [-0.1, -0.05) is 11.6 Å². The van der Waals surface area contributed by atoms with Crippen molar-refractivity contribution < 1.29 is 13.9 Å². The molecular weight excluding hydrogens is 356 g/mol. The summed E-state index contributed by atoms with van der Waals surface area (Å²) in [5.41, 5.74) is 2.99. The molecule has 0 radical (unpaired) electrons. The van der Waals surface area contributed by atoms with Gasteiger partial charge in [-0.3, -0.25) is 0 Å². The lowest BCUT2D eigenvalue weighted by molar-refractivity contribution is 0.0238. The number of carbonyl (C=O) groups is 1. The third kappa shape index (κ3) is 3.37. The zero-order chi connectivity index (χ0) is 20.1. The maximum atomic E-state index is 12.4. The van der Waals surface area contributed by atoms with Crippen LogP contribution in [-0.2, 0) is 4.74 Å². The Hall–Kier alpha value is -2.83. The predicted octanol–water partition coefficient (Wildman–Crippen LogP) is 4.13. The van der Waals surface area contributed by atoms with E-state index in [4.69, 9.17) is 9.15 Å². The minimum atomic E-state index is -0.505. The third-order valence-corrected chi connectivity index (χ3v) is 5.08. The van der Waals surface area contributed by atoms with Crippen molar-refractivity contribution in [1.82, 2.24) is 14.9 Å². The number of furan rings is 1. The molecule has 0 spiro atoms. The summed E-state index contributed by atoms with van der Waals surface area (Å²) in [6.45, 7) is 9.15. The van der Waals surface area contributed by atoms with Crippen molar-refractivity contribution in [2.75, 3.05) is 25.0 Å². The van der Waals surface area contributed by atoms with E-state index in [2.05, 4.69) is 27.9 Å². The smallest absolute Gasteiger partial charge is 0.410 e. The van der Waals surface area contributed by atoms with Crippen LogP contribution in [0.5, 0.6) is 0 Å². The van der Waals surface area contributed by atoms with E-state index in [-0.39, 0.29) is 12.1 Å². The standard InChI is InChI=1S/C21H26N4O3/c1-13-6-7-16-15(10-13)17-18(27-16)19(23-12-22-17)25-9-8-14(11-25)24(5)20(26)28-21(2,3)4/h6-7,10,12,14H,8-9,11H2,1-5H3. The van der Waals surface area contributed by atoms with Gasteiger partial charge >= 0.3 is 6.09 Å². The Kier molecular flexibility index (Phi) is 4.40. The van der Waals surface area contributed by atoms with Crippen LogP contribution in [0.15, 0.2) is 28.9 Å². The molecule has 7 nitrogen and oxygen atoms in total. The highest BCUT2D eigenvalue weighted by molar-refractivity contribution is 6.05. The summed E-state index contributed by atoms with van der Waals surface area (Å²) < 4.78 is 11.6. The molecule has 1 saturated heterocycles. The molecule has 0 aliphatic carbocycles. The van der Waals surface area contributed by atoms with Crippen LogP contribution in [0.2, 0.25) is 0 Å². The number of likely N-dealkylation sites (N-methyl/N-ethyl adjacent to an activating group) is 1. The number of aromatic nitrogens is 2. The zero-order valence-electron chi connectivity index (χ0n) is 17.0. The molecule has 3 aromatic rings. The lowest BCUT2D eigenvalue weighted by atomic mass is 10.2. The van der Waals surface area contributed by atoms with Crippen LogP contribution in [0.3, 0.4) is 0 Å². The number of rotatable bonds is 2. The Labute approximate surface area is 164 Å². The number of hydrogen-bond donors (Lipinski definition) is 0. The maximum Gasteiger partial charge on any atom is 0.410 e. The fourth-order valence-electron chi connectivity index (χ4n) is 3.64. The van der Waals surface area contributed by atoms with Crippen LogP contribution in [0, 0.1) is 6.92 Å². The van der Waals surface area contributed by atoms with Crippen LogP contribution >= 0.6 is 0 Å². The number of carbonyl (C=O) groups excluding carboxylic acids is 1. The maximum absolute atomic E-state index is 12.4. The number of benzene rings is 1. The molecule has 148 valence electrons. The van der Waals surface area contributed by atoms with Gasteiger partial charge in [0.2, 0.25) is 0 Å². The molecule has 1 aliphatic heterocycles. The first-order valence-electron chi connectivity index (χ1n) is 9.57. The van der Waals surface area contributed by atoms with E-state index in [1.807, 2.05) is 32.9 Å². The first-order valence-corrected chi connectivity index (χ1v) is 9.57. The summed E-state index contributed by atoms with van der Waals surface area (Å²) in [4.78, 5) is 25.2. The molecule has 0 bridgehead atoms. The van der Waals surface area contributed by atoms with E-state index >= 15 is 0 Å². The molecular formula is C21H26N4O3. The molecule has 3 heterocycles. The van der Waals surface area contributed by atoms with Gasteiger partial charge in [0.15, 0.2) is 11.4 Å². The first-order chi connectivity index (χ1) is 13.2. The van der Waals surface area contributed by atoms with Crippen molar-refractivity contribution in [3.05, 3.63) is 30.1 Å². The SMILES string of the molecule is Cc1ccc2oc3c(N4CCC(N(C)C(=O)OC(C)(C)C)C4)ncnc3c2c1. The molecule has 1 unspecified atom stereocenters. The van der Waals surface area contributed by atoms with Gasteiger partial charge < -0.3 is 19.0 Å². The molecule has 1 aliphatic rings. The normalized spacial score (nSPS) is 17.5. The number of ether oxygens (including phenoxy) is 1. The van der Waals surface area contributed by atoms with Crippen molar-refractivity contribution in [3.63, 3.8) is 0 Å². The Morgan fingerprint density at radius 2 is 2.11 bits per heavy atom. The van der Waals surface area contributed by atoms with Crippen molar-refractivity contribution in [3.8, 4) is 0 Å². The van der Waals surface area contributed by atoms with Crippen LogP contribution in [0.4, 0.5) is 10.6 Å². The van der Waals surface area contributed by atoms with Crippen LogP contribution in [0.25, 0.3) is 22.1 Å². The van der Waals surface area contributed by atoms with Gasteiger partial charge in [-0.15, -0.1) is 0 Å². The highest BCUT2D eigenvalue weighted by Crippen LogP contribution is 2.34. The van der Waals surface area contributed by atoms with E-state index in [1.165, 1.54) is 0 Å². The Morgan fingerprint density at radius 3 is 2.86 bits per heavy atom. The van der Waals surface area contributed by atoms with Crippen LogP contribution in [-0.4, -0.2) is 52.7 Å². The van der Waals surface area contributed by atoms with Crippen molar-refractivity contribution in [1.29, 1.82) is 0 Å². The van der Waals surface area contributed by atoms with E-state index < -0.39 is 5.60 Å². The first kappa shape index (κ1) is 18.5. The number of hydrogen-bond acceptors (Lipinski definition) is 6. The van der Waals surface area contributed by atoms with Gasteiger partial charge in [0.1, 0.15) is 23.0 Å². The van der Waals surface area contributed by atoms with Gasteiger partial charge in [0.05, 0.1) is 6.04 Å². The lowest BCUT2D eigenvalue weighted by Crippen LogP contribution is -2.42. The summed E-state index contributed by atoms with van der Waals surface area (Å²) in [7, 11) is 1.79. The highest BCUT2D eigenvalue weighted by atomic mass is 16.6. The molecule has 1 fully saturated rings. The molecule has 0 saturated carbocycles. The molecule has 1 aromatic carbocycles. The second-order valence-electron chi connectivity index (χ2n) is 8.46. The summed E-state index contributed by atoms with van der Waals surface area (Å²) in [5, 5.41) is 1.00. The number of fused-ring (bicyclic) bond motifs is 3. The monoisotopic (exact) mass is 382 g/mol. The lowest BCUT2D eigenvalue weighted by Gasteiger charge is -2.28. The summed E-state index contributed by atoms with van der Waals surface area (Å²) in [5.74, 6) is 0.777. The van der Waals surface area contributed by atoms with E-state index in [0.29, 0.717) is 12.1 Å². The minimum Gasteiger partial charge on any atom is -0.450 e. The summed E-state index contributed by atoms with van der Waals surface area (Å²) in [6, 6.07) is 6.14. The molecule has 28 heavy (non-hydrogen) atoms. The second-order valence-corrected chi connectivity index (χ2v) is 8.46. The van der Waals surface area contributed by atoms with Gasteiger partial charge in [-0.25, -0.2) is 14.8 Å². The fourth-order valence-corrected chi connectivity index (χ4v) is 3.64. The molecule has 4 rings (SSSR count). The molecule has 2 aromatic heterocycles. The minimum absolute atomic E-state index is 0.0616. The third-order valence-electron chi connectivity index (χ3n) is 5.08. The molecule has 1 atom stereocenters. The van der Waals surface area contributed by atoms with E-state index in [0.717, 1.165) is 40.8 Å². The molecule has 7 heteroatoms. The summed E-state index contributed by atoms with van der Waals surface area (Å²) in [6.07, 6.45) is 2.13. The van der Waals surface area contributed by atoms with Crippen molar-refractivity contribution in [2.24, 2.45) is 0 Å². The number of amides is 1. The van der Waals surface area contributed by atoms with Gasteiger partial charge in [0, 0.05) is 25.5 Å². The fraction of sp³-hybridized carbons (Fsp3) is 0.476. The van der Waals surface area contributed by atoms with Gasteiger partial charge in [0.25, 0.3) is 0 Å². The van der Waals surface area contributed by atoms with Crippen molar-refractivity contribution >= 4 is 34.0 Å². The highest BCUT2D eigenvalue weighted by Gasteiger charge is 2.33. The van der Waals surface area contributed by atoms with Crippen LogP contribution < -0.4 is 4.90 Å². The average Bonchev–Trinajstić information content (AvgIpc) is 3.24. The molecule has 1 amide bonds. The number of nitrogens with zero attached hydrogens (tertiary/aromatic N) is 4. The summed E-state index contributed by atoms with van der Waals surface area (Å²) >= 11 is 0. The Morgan fingerprint density at radius 1 is 1.32 bits per heavy atom. The Balaban J connectivity index is 1.60. The Bertz CT molecular complexity index is 1040. The van der Waals surface area contributed by atoms with Gasteiger partial charge in [-0.05, 0) is 46.2 Å². The number of aryl methyl sites for hydroxylation is 1. The largest absolute Gasteiger partial charge is 0.450 e. The van der Waals surface area contributed by atoms with E-state index in [9.17, 15) is 4.79 Å². The zero-order valence-corrected chi connectivity index (χ0v) is 17.0. The van der Waals surface area contributed by atoms with E-state index in [1.54, 1.807) is 18.3 Å². The second kappa shape index (κ2) is 6.65. The van der Waals surface area contributed by atoms with Crippen molar-refractivity contribution in [2.45, 2.75) is 45.8 Å². The quantitative estimate of drug-likeness (QED) is 0.664. The predicted molar refractivity (Wildman–Crippen MR) is 109 cm³/mol. The van der Waals surface area contributed by atoms with Crippen LogP contribution in [0.1, 0.15) is 32.8 Å². The topological polar surface area (TPSA) is 71.7 Å². The van der Waals surface area contributed by atoms with Gasteiger partial charge in [-0.2, -0.15) is 0 Å².